The van der Waals surface area contributed by atoms with Crippen LogP contribution in [0.15, 0.2) is 36.4 Å². The first-order valence-electron chi connectivity index (χ1n) is 9.12. The molecular formula is C21H25N3O4. The van der Waals surface area contributed by atoms with E-state index >= 15 is 0 Å². The number of rotatable bonds is 6. The molecule has 2 aromatic carbocycles. The number of methoxy groups -OCH3 is 2. The molecule has 2 aromatic rings. The molecule has 0 radical (unpaired) electrons. The lowest BCUT2D eigenvalue weighted by molar-refractivity contribution is -0.117. The van der Waals surface area contributed by atoms with Crippen molar-refractivity contribution in [2.75, 3.05) is 37.9 Å². The van der Waals surface area contributed by atoms with E-state index in [1.165, 1.54) is 12.5 Å². The molecule has 2 N–H and O–H groups in total. The van der Waals surface area contributed by atoms with E-state index in [4.69, 9.17) is 9.47 Å². The molecule has 3 rings (SSSR count). The average Bonchev–Trinajstić information content (AvgIpc) is 2.66. The lowest BCUT2D eigenvalue weighted by atomic mass is 9.99. The molecule has 0 saturated carbocycles. The van der Waals surface area contributed by atoms with Gasteiger partial charge in [0.15, 0.2) is 11.5 Å². The van der Waals surface area contributed by atoms with Crippen LogP contribution in [0.4, 0.5) is 11.4 Å². The Morgan fingerprint density at radius 3 is 2.29 bits per heavy atom. The van der Waals surface area contributed by atoms with E-state index in [2.05, 4.69) is 15.5 Å². The number of benzene rings is 2. The summed E-state index contributed by atoms with van der Waals surface area (Å²) in [5.74, 6) is 1.18. The Kier molecular flexibility index (Phi) is 6.16. The third kappa shape index (κ3) is 4.80. The molecule has 28 heavy (non-hydrogen) atoms. The van der Waals surface area contributed by atoms with E-state index in [0.29, 0.717) is 23.7 Å². The third-order valence-corrected chi connectivity index (χ3v) is 4.63. The average molecular weight is 383 g/mol. The van der Waals surface area contributed by atoms with Crippen LogP contribution < -0.4 is 20.1 Å². The Labute approximate surface area is 164 Å². The number of carbonyl (C=O) groups is 2. The fraction of sp³-hybridized carbons (Fsp3) is 0.333. The van der Waals surface area contributed by atoms with Crippen molar-refractivity contribution in [1.29, 1.82) is 0 Å². The quantitative estimate of drug-likeness (QED) is 0.802. The molecule has 0 aliphatic carbocycles. The van der Waals surface area contributed by atoms with Gasteiger partial charge in [0.2, 0.25) is 11.8 Å². The normalized spacial score (nSPS) is 13.4. The smallest absolute Gasteiger partial charge is 0.238 e. The van der Waals surface area contributed by atoms with Crippen LogP contribution in [0.3, 0.4) is 0 Å². The molecule has 7 heteroatoms. The molecule has 0 aromatic heterocycles. The zero-order chi connectivity index (χ0) is 20.1. The van der Waals surface area contributed by atoms with Crippen molar-refractivity contribution < 1.29 is 19.1 Å². The highest BCUT2D eigenvalue weighted by Crippen LogP contribution is 2.33. The molecule has 0 atom stereocenters. The third-order valence-electron chi connectivity index (χ3n) is 4.63. The predicted octanol–water partition coefficient (Wildman–Crippen LogP) is 2.66. The molecule has 1 aliphatic heterocycles. The summed E-state index contributed by atoms with van der Waals surface area (Å²) in [5.41, 5.74) is 3.67. The highest BCUT2D eigenvalue weighted by molar-refractivity contribution is 5.94. The van der Waals surface area contributed by atoms with Gasteiger partial charge in [0.1, 0.15) is 0 Å². The van der Waals surface area contributed by atoms with Crippen LogP contribution in [0.1, 0.15) is 18.1 Å². The lowest BCUT2D eigenvalue weighted by Crippen LogP contribution is -2.37. The van der Waals surface area contributed by atoms with Crippen LogP contribution in [0.25, 0.3) is 0 Å². The lowest BCUT2D eigenvalue weighted by Gasteiger charge is -2.29. The van der Waals surface area contributed by atoms with Gasteiger partial charge in [-0.25, -0.2) is 0 Å². The van der Waals surface area contributed by atoms with Crippen molar-refractivity contribution in [1.82, 2.24) is 4.90 Å². The summed E-state index contributed by atoms with van der Waals surface area (Å²) in [6.07, 6.45) is 0.848. The summed E-state index contributed by atoms with van der Waals surface area (Å²) in [4.78, 5) is 25.7. The van der Waals surface area contributed by atoms with Crippen molar-refractivity contribution in [3.05, 3.63) is 47.5 Å². The minimum atomic E-state index is -0.150. The summed E-state index contributed by atoms with van der Waals surface area (Å²) in [6.45, 7) is 3.21. The fourth-order valence-electron chi connectivity index (χ4n) is 3.36. The number of nitrogens with one attached hydrogen (secondary N) is 2. The van der Waals surface area contributed by atoms with E-state index in [9.17, 15) is 9.59 Å². The minimum Gasteiger partial charge on any atom is -0.493 e. The Morgan fingerprint density at radius 1 is 1.00 bits per heavy atom. The maximum absolute atomic E-state index is 12.5. The first kappa shape index (κ1) is 19.7. The molecule has 0 saturated heterocycles. The summed E-state index contributed by atoms with van der Waals surface area (Å²) in [6, 6.07) is 11.1. The van der Waals surface area contributed by atoms with Crippen LogP contribution in [0.5, 0.6) is 11.5 Å². The van der Waals surface area contributed by atoms with Crippen molar-refractivity contribution in [3.63, 3.8) is 0 Å². The van der Waals surface area contributed by atoms with Gasteiger partial charge < -0.3 is 20.1 Å². The van der Waals surface area contributed by atoms with Gasteiger partial charge in [0.05, 0.1) is 20.8 Å². The van der Waals surface area contributed by atoms with Crippen molar-refractivity contribution >= 4 is 23.2 Å². The minimum absolute atomic E-state index is 0.0936. The first-order chi connectivity index (χ1) is 13.5. The van der Waals surface area contributed by atoms with Gasteiger partial charge in [-0.3, -0.25) is 14.5 Å². The molecule has 2 amide bonds. The number of ether oxygens (including phenoxy) is 2. The summed E-state index contributed by atoms with van der Waals surface area (Å²) < 4.78 is 10.7. The maximum atomic E-state index is 12.5. The van der Waals surface area contributed by atoms with Crippen LogP contribution in [0.2, 0.25) is 0 Å². The van der Waals surface area contributed by atoms with Gasteiger partial charge in [0.25, 0.3) is 0 Å². The summed E-state index contributed by atoms with van der Waals surface area (Å²) in [5, 5.41) is 5.60. The maximum Gasteiger partial charge on any atom is 0.238 e. The van der Waals surface area contributed by atoms with Crippen LogP contribution in [-0.4, -0.2) is 44.0 Å². The number of hydrogen-bond donors (Lipinski definition) is 2. The van der Waals surface area contributed by atoms with Gasteiger partial charge in [-0.05, 0) is 47.9 Å². The predicted molar refractivity (Wildman–Crippen MR) is 108 cm³/mol. The number of nitrogens with zero attached hydrogens (tertiary/aromatic N) is 1. The highest BCUT2D eigenvalue weighted by atomic mass is 16.5. The van der Waals surface area contributed by atoms with Crippen LogP contribution in [-0.2, 0) is 22.6 Å². The molecule has 0 fully saturated rings. The van der Waals surface area contributed by atoms with E-state index in [0.717, 1.165) is 24.3 Å². The fourth-order valence-corrected chi connectivity index (χ4v) is 3.36. The van der Waals surface area contributed by atoms with E-state index in [1.807, 2.05) is 12.1 Å². The van der Waals surface area contributed by atoms with Crippen molar-refractivity contribution in [2.24, 2.45) is 0 Å². The molecular weight excluding hydrogens is 358 g/mol. The number of carbonyl (C=O) groups excluding carboxylic acids is 2. The second kappa shape index (κ2) is 8.75. The van der Waals surface area contributed by atoms with Crippen molar-refractivity contribution in [3.8, 4) is 11.5 Å². The second-order valence-corrected chi connectivity index (χ2v) is 6.75. The summed E-state index contributed by atoms with van der Waals surface area (Å²) in [7, 11) is 3.25. The topological polar surface area (TPSA) is 79.9 Å². The molecule has 148 valence electrons. The SMILES string of the molecule is COc1cc2c(cc1OC)CN(CC(=O)Nc1cccc(NC(C)=O)c1)CC2. The molecule has 0 spiro atoms. The number of hydrogen-bond acceptors (Lipinski definition) is 5. The Balaban J connectivity index is 1.62. The summed E-state index contributed by atoms with van der Waals surface area (Å²) >= 11 is 0. The monoisotopic (exact) mass is 383 g/mol. The molecule has 1 heterocycles. The Hall–Kier alpha value is -3.06. The van der Waals surface area contributed by atoms with Gasteiger partial charge in [-0.2, -0.15) is 0 Å². The standard InChI is InChI=1S/C21H25N3O4/c1-14(25)22-17-5-4-6-18(11-17)23-21(26)13-24-8-7-15-9-19(27-2)20(28-3)10-16(15)12-24/h4-6,9-11H,7-8,12-13H2,1-3H3,(H,22,25)(H,23,26). The zero-order valence-electron chi connectivity index (χ0n) is 16.4. The number of fused-ring (bicyclic) bond motifs is 1. The van der Waals surface area contributed by atoms with E-state index < -0.39 is 0 Å². The molecule has 1 aliphatic rings. The largest absolute Gasteiger partial charge is 0.493 e. The van der Waals surface area contributed by atoms with Gasteiger partial charge >= 0.3 is 0 Å². The number of amides is 2. The zero-order valence-corrected chi connectivity index (χ0v) is 16.4. The first-order valence-corrected chi connectivity index (χ1v) is 9.12. The van der Waals surface area contributed by atoms with Crippen LogP contribution >= 0.6 is 0 Å². The second-order valence-electron chi connectivity index (χ2n) is 6.75. The van der Waals surface area contributed by atoms with Gasteiger partial charge in [-0.1, -0.05) is 6.07 Å². The molecule has 0 unspecified atom stereocenters. The van der Waals surface area contributed by atoms with Gasteiger partial charge in [-0.15, -0.1) is 0 Å². The van der Waals surface area contributed by atoms with E-state index in [1.54, 1.807) is 38.5 Å². The van der Waals surface area contributed by atoms with Crippen LogP contribution in [0, 0.1) is 0 Å². The van der Waals surface area contributed by atoms with Gasteiger partial charge in [0, 0.05) is 31.4 Å². The number of anilines is 2. The Bertz CT molecular complexity index is 882. The van der Waals surface area contributed by atoms with E-state index in [-0.39, 0.29) is 18.4 Å². The Morgan fingerprint density at radius 2 is 1.64 bits per heavy atom. The molecule has 7 nitrogen and oxygen atoms in total. The molecule has 0 bridgehead atoms. The van der Waals surface area contributed by atoms with Crippen molar-refractivity contribution in [2.45, 2.75) is 19.9 Å². The highest BCUT2D eigenvalue weighted by Gasteiger charge is 2.21.